The summed E-state index contributed by atoms with van der Waals surface area (Å²) < 4.78 is 20.5. The molecule has 1 N–H and O–H groups in total. The van der Waals surface area contributed by atoms with Crippen LogP contribution in [0.1, 0.15) is 23.1 Å². The molecule has 0 aliphatic carbocycles. The molecule has 0 unspecified atom stereocenters. The Balaban J connectivity index is 1.52. The molecule has 30 heavy (non-hydrogen) atoms. The molecule has 0 radical (unpaired) electrons. The fraction of sp³-hybridized carbons (Fsp3) is 0.200. The summed E-state index contributed by atoms with van der Waals surface area (Å²) in [6.07, 6.45) is 0. The minimum atomic E-state index is -0.519. The fourth-order valence-electron chi connectivity index (χ4n) is 2.43. The van der Waals surface area contributed by atoms with E-state index >= 15 is 0 Å². The summed E-state index contributed by atoms with van der Waals surface area (Å²) in [4.78, 5) is 23.5. The molecule has 3 rings (SSSR count). The Kier molecular flexibility index (Phi) is 7.07. The van der Waals surface area contributed by atoms with E-state index in [-0.39, 0.29) is 29.1 Å². The third kappa shape index (κ3) is 5.58. The number of aromatic nitrogens is 3. The summed E-state index contributed by atoms with van der Waals surface area (Å²) in [7, 11) is 1.76. The van der Waals surface area contributed by atoms with Crippen molar-refractivity contribution in [3.8, 4) is 5.75 Å². The molecule has 0 saturated heterocycles. The van der Waals surface area contributed by atoms with Crippen LogP contribution in [0.5, 0.6) is 5.75 Å². The van der Waals surface area contributed by atoms with Gasteiger partial charge in [-0.3, -0.25) is 9.59 Å². The van der Waals surface area contributed by atoms with Crippen LogP contribution in [0.3, 0.4) is 0 Å². The van der Waals surface area contributed by atoms with Crippen molar-refractivity contribution in [2.45, 2.75) is 18.7 Å². The summed E-state index contributed by atoms with van der Waals surface area (Å²) in [6.45, 7) is 1.60. The van der Waals surface area contributed by atoms with Gasteiger partial charge in [0.2, 0.25) is 5.91 Å². The number of nitrogens with one attached hydrogen (secondary N) is 1. The SMILES string of the molecule is CC(=O)c1ccc(NC(=O)CSc2nnc(COc3ccc(F)c(Cl)c3)n2C)cc1. The second kappa shape index (κ2) is 9.73. The fourth-order valence-corrected chi connectivity index (χ4v) is 3.33. The standard InChI is InChI=1S/C20H18ClFN4O3S/c1-12(27)13-3-5-14(6-4-13)23-19(28)11-30-20-25-24-18(26(20)2)10-29-15-7-8-17(22)16(21)9-15/h3-9H,10-11H2,1-2H3,(H,23,28). The number of ether oxygens (including phenoxy) is 1. The average molecular weight is 449 g/mol. The van der Waals surface area contributed by atoms with E-state index in [1.54, 1.807) is 35.9 Å². The zero-order valence-corrected chi connectivity index (χ0v) is 17.8. The van der Waals surface area contributed by atoms with Crippen molar-refractivity contribution in [1.82, 2.24) is 14.8 Å². The lowest BCUT2D eigenvalue weighted by atomic mass is 10.1. The molecule has 10 heteroatoms. The molecule has 0 aliphatic heterocycles. The highest BCUT2D eigenvalue weighted by atomic mass is 35.5. The van der Waals surface area contributed by atoms with Gasteiger partial charge in [0.15, 0.2) is 16.8 Å². The van der Waals surface area contributed by atoms with Crippen molar-refractivity contribution >= 4 is 40.7 Å². The zero-order valence-electron chi connectivity index (χ0n) is 16.2. The number of benzene rings is 2. The van der Waals surface area contributed by atoms with Crippen molar-refractivity contribution in [3.05, 3.63) is 64.7 Å². The smallest absolute Gasteiger partial charge is 0.234 e. The number of anilines is 1. The number of ketones is 1. The molecular formula is C20H18ClFN4O3S. The molecule has 1 amide bonds. The monoisotopic (exact) mass is 448 g/mol. The van der Waals surface area contributed by atoms with Gasteiger partial charge in [-0.15, -0.1) is 10.2 Å². The maximum Gasteiger partial charge on any atom is 0.234 e. The van der Waals surface area contributed by atoms with Crippen LogP contribution in [0.15, 0.2) is 47.6 Å². The predicted molar refractivity (Wildman–Crippen MR) is 113 cm³/mol. The van der Waals surface area contributed by atoms with Gasteiger partial charge in [-0.25, -0.2) is 4.39 Å². The summed E-state index contributed by atoms with van der Waals surface area (Å²) in [5.74, 6) is 0.321. The third-order valence-electron chi connectivity index (χ3n) is 4.09. The Hall–Kier alpha value is -2.91. The van der Waals surface area contributed by atoms with Crippen LogP contribution in [0, 0.1) is 5.82 Å². The first-order valence-corrected chi connectivity index (χ1v) is 10.2. The van der Waals surface area contributed by atoms with Gasteiger partial charge in [-0.05, 0) is 43.3 Å². The highest BCUT2D eigenvalue weighted by molar-refractivity contribution is 7.99. The molecular weight excluding hydrogens is 431 g/mol. The molecule has 2 aromatic carbocycles. The minimum Gasteiger partial charge on any atom is -0.486 e. The van der Waals surface area contributed by atoms with Gasteiger partial charge in [-0.1, -0.05) is 23.4 Å². The largest absolute Gasteiger partial charge is 0.486 e. The molecule has 0 bridgehead atoms. The van der Waals surface area contributed by atoms with Gasteiger partial charge in [0, 0.05) is 24.4 Å². The molecule has 0 spiro atoms. The third-order valence-corrected chi connectivity index (χ3v) is 5.40. The summed E-state index contributed by atoms with van der Waals surface area (Å²) in [6, 6.07) is 10.8. The van der Waals surface area contributed by atoms with Crippen molar-refractivity contribution in [1.29, 1.82) is 0 Å². The number of hydrogen-bond acceptors (Lipinski definition) is 6. The Bertz CT molecular complexity index is 1070. The van der Waals surface area contributed by atoms with Gasteiger partial charge in [-0.2, -0.15) is 0 Å². The molecule has 0 saturated carbocycles. The Morgan fingerprint density at radius 1 is 1.20 bits per heavy atom. The van der Waals surface area contributed by atoms with E-state index in [4.69, 9.17) is 16.3 Å². The first-order chi connectivity index (χ1) is 14.3. The van der Waals surface area contributed by atoms with Crippen LogP contribution >= 0.6 is 23.4 Å². The molecule has 1 heterocycles. The molecule has 3 aromatic rings. The Labute approximate surface area is 181 Å². The number of carbonyl (C=O) groups excluding carboxylic acids is 2. The predicted octanol–water partition coefficient (Wildman–Crippen LogP) is 4.12. The van der Waals surface area contributed by atoms with E-state index in [2.05, 4.69) is 15.5 Å². The lowest BCUT2D eigenvalue weighted by molar-refractivity contribution is -0.113. The van der Waals surface area contributed by atoms with Gasteiger partial charge in [0.05, 0.1) is 10.8 Å². The van der Waals surface area contributed by atoms with Crippen LogP contribution in [-0.4, -0.2) is 32.2 Å². The topological polar surface area (TPSA) is 86.1 Å². The molecule has 0 fully saturated rings. The number of Topliss-reactive ketones (excluding diaryl/α,β-unsaturated/α-hetero) is 1. The van der Waals surface area contributed by atoms with Crippen LogP contribution in [0.25, 0.3) is 0 Å². The molecule has 1 aromatic heterocycles. The van der Waals surface area contributed by atoms with E-state index in [1.807, 2.05) is 0 Å². The van der Waals surface area contributed by atoms with Crippen LogP contribution < -0.4 is 10.1 Å². The van der Waals surface area contributed by atoms with Gasteiger partial charge in [0.25, 0.3) is 0 Å². The minimum absolute atomic E-state index is 0.0244. The number of nitrogens with zero attached hydrogens (tertiary/aromatic N) is 3. The van der Waals surface area contributed by atoms with Gasteiger partial charge in [0.1, 0.15) is 18.2 Å². The van der Waals surface area contributed by atoms with Gasteiger partial charge >= 0.3 is 0 Å². The van der Waals surface area contributed by atoms with E-state index in [0.29, 0.717) is 28.0 Å². The second-order valence-corrected chi connectivity index (χ2v) is 7.64. The summed E-state index contributed by atoms with van der Waals surface area (Å²) in [5.41, 5.74) is 1.19. The first-order valence-electron chi connectivity index (χ1n) is 8.83. The van der Waals surface area contributed by atoms with E-state index < -0.39 is 5.82 Å². The summed E-state index contributed by atoms with van der Waals surface area (Å²) >= 11 is 6.96. The molecule has 7 nitrogen and oxygen atoms in total. The van der Waals surface area contributed by atoms with Crippen molar-refractivity contribution in [2.24, 2.45) is 7.05 Å². The number of thioether (sulfide) groups is 1. The van der Waals surface area contributed by atoms with Crippen LogP contribution in [0.4, 0.5) is 10.1 Å². The highest BCUT2D eigenvalue weighted by Gasteiger charge is 2.13. The number of hydrogen-bond donors (Lipinski definition) is 1. The van der Waals surface area contributed by atoms with E-state index in [9.17, 15) is 14.0 Å². The van der Waals surface area contributed by atoms with Crippen LogP contribution in [-0.2, 0) is 18.4 Å². The normalized spacial score (nSPS) is 10.7. The lowest BCUT2D eigenvalue weighted by Gasteiger charge is -2.08. The Morgan fingerprint density at radius 2 is 1.93 bits per heavy atom. The molecule has 0 aliphatic rings. The highest BCUT2D eigenvalue weighted by Crippen LogP contribution is 2.22. The summed E-state index contributed by atoms with van der Waals surface area (Å²) in [5, 5.41) is 11.4. The number of rotatable bonds is 8. The van der Waals surface area contributed by atoms with Crippen molar-refractivity contribution in [3.63, 3.8) is 0 Å². The quantitative estimate of drug-likeness (QED) is 0.412. The Morgan fingerprint density at radius 3 is 2.60 bits per heavy atom. The number of amides is 1. The van der Waals surface area contributed by atoms with Gasteiger partial charge < -0.3 is 14.6 Å². The lowest BCUT2D eigenvalue weighted by Crippen LogP contribution is -2.14. The first kappa shape index (κ1) is 21.8. The van der Waals surface area contributed by atoms with E-state index in [0.717, 1.165) is 0 Å². The zero-order chi connectivity index (χ0) is 21.7. The molecule has 0 atom stereocenters. The maximum absolute atomic E-state index is 13.2. The van der Waals surface area contributed by atoms with Crippen molar-refractivity contribution in [2.75, 3.05) is 11.1 Å². The second-order valence-electron chi connectivity index (χ2n) is 6.29. The number of carbonyl (C=O) groups is 2. The molecule has 156 valence electrons. The van der Waals surface area contributed by atoms with Crippen LogP contribution in [0.2, 0.25) is 5.02 Å². The van der Waals surface area contributed by atoms with Crippen molar-refractivity contribution < 1.29 is 18.7 Å². The average Bonchev–Trinajstić information content (AvgIpc) is 3.07. The maximum atomic E-state index is 13.2. The number of halogens is 2. The van der Waals surface area contributed by atoms with E-state index in [1.165, 1.54) is 36.9 Å².